The molecule has 0 aromatic heterocycles. The average molecular weight is 265 g/mol. The van der Waals surface area contributed by atoms with Gasteiger partial charge in [0.15, 0.2) is 0 Å². The molecule has 0 atom stereocenters. The van der Waals surface area contributed by atoms with Crippen LogP contribution in [0.4, 0.5) is 5.69 Å². The number of amides is 1. The van der Waals surface area contributed by atoms with E-state index in [0.29, 0.717) is 18.5 Å². The van der Waals surface area contributed by atoms with Crippen LogP contribution in [0.2, 0.25) is 0 Å². The fraction of sp³-hybridized carbons (Fsp3) is 0.308. The van der Waals surface area contributed by atoms with Gasteiger partial charge in [0.1, 0.15) is 11.3 Å². The molecule has 1 aromatic carbocycles. The molecule has 1 amide bonds. The van der Waals surface area contributed by atoms with Gasteiger partial charge in [-0.25, -0.2) is 4.79 Å². The van der Waals surface area contributed by atoms with Crippen molar-refractivity contribution in [1.29, 1.82) is 0 Å². The smallest absolute Gasteiger partial charge is 0.339 e. The predicted molar refractivity (Wildman–Crippen MR) is 68.2 cm³/mol. The molecule has 0 saturated carbocycles. The van der Waals surface area contributed by atoms with E-state index in [1.807, 2.05) is 6.92 Å². The molecule has 0 aliphatic heterocycles. The first kappa shape index (κ1) is 14.7. The van der Waals surface area contributed by atoms with Crippen molar-refractivity contribution in [3.05, 3.63) is 23.8 Å². The number of carboxylic acid groups (broad SMARTS) is 1. The summed E-state index contributed by atoms with van der Waals surface area (Å²) < 4.78 is 4.78. The summed E-state index contributed by atoms with van der Waals surface area (Å²) in [7, 11) is 0. The number of esters is 1. The summed E-state index contributed by atoms with van der Waals surface area (Å²) in [5.74, 6) is -2.08. The van der Waals surface area contributed by atoms with Crippen LogP contribution in [0.3, 0.4) is 0 Å². The van der Waals surface area contributed by atoms with Crippen LogP contribution in [0.15, 0.2) is 18.2 Å². The fourth-order valence-electron chi connectivity index (χ4n) is 1.47. The third-order valence-electron chi connectivity index (χ3n) is 2.22. The first-order chi connectivity index (χ1) is 8.93. The van der Waals surface area contributed by atoms with E-state index >= 15 is 0 Å². The van der Waals surface area contributed by atoms with Crippen LogP contribution in [0.1, 0.15) is 37.0 Å². The summed E-state index contributed by atoms with van der Waals surface area (Å²) in [5.41, 5.74) is 0.177. The number of rotatable bonds is 5. The first-order valence-electron chi connectivity index (χ1n) is 5.79. The van der Waals surface area contributed by atoms with Gasteiger partial charge in [-0.3, -0.25) is 9.59 Å². The zero-order valence-corrected chi connectivity index (χ0v) is 10.7. The number of hydrogen-bond donors (Lipinski definition) is 2. The van der Waals surface area contributed by atoms with Crippen molar-refractivity contribution in [2.24, 2.45) is 0 Å². The number of nitrogens with one attached hydrogen (secondary N) is 1. The van der Waals surface area contributed by atoms with E-state index < -0.39 is 11.9 Å². The molecule has 102 valence electrons. The summed E-state index contributed by atoms with van der Waals surface area (Å²) in [6.45, 7) is 3.05. The molecule has 6 heteroatoms. The van der Waals surface area contributed by atoms with Crippen molar-refractivity contribution in [1.82, 2.24) is 0 Å². The van der Waals surface area contributed by atoms with Gasteiger partial charge in [0, 0.05) is 19.0 Å². The highest BCUT2D eigenvalue weighted by Gasteiger charge is 2.14. The molecule has 0 unspecified atom stereocenters. The molecule has 1 aromatic rings. The van der Waals surface area contributed by atoms with Crippen molar-refractivity contribution in [3.63, 3.8) is 0 Å². The number of hydrogen-bond acceptors (Lipinski definition) is 4. The minimum absolute atomic E-state index is 0.0477. The monoisotopic (exact) mass is 265 g/mol. The van der Waals surface area contributed by atoms with E-state index in [-0.39, 0.29) is 17.2 Å². The first-order valence-corrected chi connectivity index (χ1v) is 5.79. The normalized spacial score (nSPS) is 9.79. The molecule has 19 heavy (non-hydrogen) atoms. The van der Waals surface area contributed by atoms with Crippen LogP contribution in [0.5, 0.6) is 5.75 Å². The summed E-state index contributed by atoms with van der Waals surface area (Å²) in [6.07, 6.45) is 1.05. The Morgan fingerprint density at radius 3 is 2.53 bits per heavy atom. The maximum Gasteiger partial charge on any atom is 0.339 e. The Morgan fingerprint density at radius 2 is 2.00 bits per heavy atom. The molecule has 0 radical (unpaired) electrons. The van der Waals surface area contributed by atoms with Crippen LogP contribution in [0, 0.1) is 0 Å². The molecule has 0 spiro atoms. The summed E-state index contributed by atoms with van der Waals surface area (Å²) in [4.78, 5) is 33.3. The van der Waals surface area contributed by atoms with Crippen LogP contribution >= 0.6 is 0 Å². The van der Waals surface area contributed by atoms with Gasteiger partial charge < -0.3 is 15.2 Å². The number of carbonyl (C=O) groups is 3. The van der Waals surface area contributed by atoms with Crippen molar-refractivity contribution >= 4 is 23.5 Å². The topological polar surface area (TPSA) is 92.7 Å². The lowest BCUT2D eigenvalue weighted by Gasteiger charge is -2.09. The molecule has 6 nitrogen and oxygen atoms in total. The van der Waals surface area contributed by atoms with E-state index in [1.165, 1.54) is 25.1 Å². The number of aromatic carboxylic acids is 1. The van der Waals surface area contributed by atoms with Crippen LogP contribution in [-0.4, -0.2) is 23.0 Å². The number of ether oxygens (including phenoxy) is 1. The minimum atomic E-state index is -1.23. The van der Waals surface area contributed by atoms with Gasteiger partial charge in [0.25, 0.3) is 0 Å². The maximum absolute atomic E-state index is 11.4. The Hall–Kier alpha value is -2.37. The van der Waals surface area contributed by atoms with Gasteiger partial charge in [0.2, 0.25) is 5.91 Å². The molecular formula is C13H15NO5. The molecule has 0 saturated heterocycles. The van der Waals surface area contributed by atoms with Crippen LogP contribution in [0.25, 0.3) is 0 Å². The van der Waals surface area contributed by atoms with Gasteiger partial charge >= 0.3 is 11.9 Å². The quantitative estimate of drug-likeness (QED) is 0.627. The number of carbonyl (C=O) groups excluding carboxylic acids is 2. The third-order valence-corrected chi connectivity index (χ3v) is 2.22. The third kappa shape index (κ3) is 4.42. The summed E-state index contributed by atoms with van der Waals surface area (Å²) >= 11 is 0. The van der Waals surface area contributed by atoms with Crippen LogP contribution < -0.4 is 10.1 Å². The number of carboxylic acids is 1. The second-order valence-electron chi connectivity index (χ2n) is 3.91. The second kappa shape index (κ2) is 6.53. The zero-order valence-electron chi connectivity index (χ0n) is 10.7. The van der Waals surface area contributed by atoms with E-state index in [4.69, 9.17) is 9.84 Å². The molecule has 0 fully saturated rings. The molecule has 0 aliphatic carbocycles. The van der Waals surface area contributed by atoms with Crippen molar-refractivity contribution in [2.75, 3.05) is 5.32 Å². The lowest BCUT2D eigenvalue weighted by atomic mass is 10.1. The van der Waals surface area contributed by atoms with Gasteiger partial charge in [-0.1, -0.05) is 6.92 Å². The Labute approximate surface area is 110 Å². The fourth-order valence-corrected chi connectivity index (χ4v) is 1.47. The largest absolute Gasteiger partial charge is 0.478 e. The van der Waals surface area contributed by atoms with Crippen molar-refractivity contribution in [2.45, 2.75) is 26.7 Å². The van der Waals surface area contributed by atoms with Gasteiger partial charge in [-0.05, 0) is 24.6 Å². The molecule has 1 rings (SSSR count). The van der Waals surface area contributed by atoms with Crippen molar-refractivity contribution in [3.8, 4) is 5.75 Å². The lowest BCUT2D eigenvalue weighted by molar-refractivity contribution is -0.131. The molecular weight excluding hydrogens is 250 g/mol. The van der Waals surface area contributed by atoms with Gasteiger partial charge in [-0.2, -0.15) is 0 Å². The summed E-state index contributed by atoms with van der Waals surface area (Å²) in [5, 5.41) is 11.6. The maximum atomic E-state index is 11.4. The van der Waals surface area contributed by atoms with Crippen LogP contribution in [-0.2, 0) is 9.59 Å². The second-order valence-corrected chi connectivity index (χ2v) is 3.91. The minimum Gasteiger partial charge on any atom is -0.478 e. The lowest BCUT2D eigenvalue weighted by Crippen LogP contribution is -2.12. The van der Waals surface area contributed by atoms with E-state index in [2.05, 4.69) is 5.32 Å². The predicted octanol–water partition coefficient (Wildman–Crippen LogP) is 2.05. The Kier molecular flexibility index (Phi) is 5.05. The Bertz CT molecular complexity index is 510. The zero-order chi connectivity index (χ0) is 14.4. The Balaban J connectivity index is 2.99. The van der Waals surface area contributed by atoms with E-state index in [1.54, 1.807) is 0 Å². The van der Waals surface area contributed by atoms with E-state index in [0.717, 1.165) is 0 Å². The summed E-state index contributed by atoms with van der Waals surface area (Å²) in [6, 6.07) is 4.08. The number of anilines is 1. The molecule has 2 N–H and O–H groups in total. The van der Waals surface area contributed by atoms with Gasteiger partial charge in [-0.15, -0.1) is 0 Å². The number of benzene rings is 1. The van der Waals surface area contributed by atoms with Crippen molar-refractivity contribution < 1.29 is 24.2 Å². The highest BCUT2D eigenvalue weighted by Crippen LogP contribution is 2.23. The van der Waals surface area contributed by atoms with Gasteiger partial charge in [0.05, 0.1) is 0 Å². The molecule has 0 aliphatic rings. The van der Waals surface area contributed by atoms with E-state index in [9.17, 15) is 14.4 Å². The average Bonchev–Trinajstić information content (AvgIpc) is 2.30. The highest BCUT2D eigenvalue weighted by molar-refractivity contribution is 5.96. The SMILES string of the molecule is CCCC(=O)Nc1ccc(OC(C)=O)c(C(=O)O)c1. The molecule has 0 heterocycles. The standard InChI is InChI=1S/C13H15NO5/c1-3-4-12(16)14-9-5-6-11(19-8(2)15)10(7-9)13(17)18/h5-7H,3-4H2,1-2H3,(H,14,16)(H,17,18). The molecule has 0 bridgehead atoms. The highest BCUT2D eigenvalue weighted by atomic mass is 16.5. The Morgan fingerprint density at radius 1 is 1.32 bits per heavy atom.